The molecule has 0 radical (unpaired) electrons. The molecule has 1 fully saturated rings. The number of carbonyl (C=O) groups excluding carboxylic acids is 2. The molecule has 0 amide bonds. The first kappa shape index (κ1) is 2.19. The van der Waals surface area contributed by atoms with Crippen LogP contribution in [0.5, 0.6) is 0 Å². The number of hydrogen-bond acceptors (Lipinski definition) is 2. The van der Waals surface area contributed by atoms with Gasteiger partial charge >= 0.3 is 0 Å². The van der Waals surface area contributed by atoms with Crippen molar-refractivity contribution in [2.24, 2.45) is 5.89 Å². The molecule has 0 N–H and O–H groups in total. The Morgan fingerprint density at radius 2 is 2.44 bits per heavy atom. The molecule has 2 atom stereocenters. The van der Waals surface area contributed by atoms with Gasteiger partial charge in [-0.15, -0.1) is 0 Å². The van der Waals surface area contributed by atoms with E-state index in [1.807, 2.05) is 0 Å². The normalized spacial score (nSPS) is 66.1. The van der Waals surface area contributed by atoms with E-state index in [1.54, 1.807) is 0 Å². The minimum absolute atomic E-state index is 0.893. The number of ketones is 2. The maximum atomic E-state index is 11.4. The molecule has 0 aromatic heterocycles. The molecule has 1 rings (SSSR count). The smallest absolute Gasteiger partial charge is 0.136 e. The lowest BCUT2D eigenvalue weighted by molar-refractivity contribution is -0.132. The Morgan fingerprint density at radius 3 is 3.11 bits per heavy atom. The van der Waals surface area contributed by atoms with E-state index in [1.165, 1.54) is 0 Å². The third-order valence-electron chi connectivity index (χ3n) is 1.00. The molecule has 2 unspecified atom stereocenters. The molecule has 50 valence electrons. The van der Waals surface area contributed by atoms with Crippen LogP contribution in [0.2, 0.25) is 0 Å². The number of hydrogen-bond donors (Lipinski definition) is 0. The van der Waals surface area contributed by atoms with Crippen molar-refractivity contribution < 1.29 is 17.8 Å². The lowest BCUT2D eigenvalue weighted by Crippen LogP contribution is -2.21. The van der Waals surface area contributed by atoms with Crippen molar-refractivity contribution in [3.63, 3.8) is 0 Å². The van der Waals surface area contributed by atoms with E-state index in [0.717, 1.165) is 6.92 Å². The minimum Gasteiger partial charge on any atom is -0.300 e. The molecule has 0 bridgehead atoms. The van der Waals surface area contributed by atoms with Gasteiger partial charge in [0, 0.05) is 33.3 Å². The van der Waals surface area contributed by atoms with E-state index in [4.69, 9.17) is 8.22 Å². The molecule has 0 spiro atoms. The van der Waals surface area contributed by atoms with Gasteiger partial charge in [0.1, 0.15) is 11.6 Å². The predicted molar refractivity (Wildman–Crippen MR) is 33.0 cm³/mol. The first-order chi connectivity index (χ1) is 6.47. The van der Waals surface area contributed by atoms with Crippen molar-refractivity contribution >= 4 is 11.6 Å². The second-order valence-corrected chi connectivity index (χ2v) is 1.73. The standard InChI is InChI=1S/C7H10O2/c1-5-4-6(8)2-3-7(5)9/h5H,2-4H2,1H3/i2D2,3D,4D2,5D. The van der Waals surface area contributed by atoms with Crippen LogP contribution in [0.1, 0.15) is 34.3 Å². The van der Waals surface area contributed by atoms with Crippen molar-refractivity contribution in [3.8, 4) is 0 Å². The van der Waals surface area contributed by atoms with Gasteiger partial charge in [0.2, 0.25) is 0 Å². The average molecular weight is 132 g/mol. The number of carbonyl (C=O) groups is 2. The van der Waals surface area contributed by atoms with E-state index in [0.29, 0.717) is 0 Å². The largest absolute Gasteiger partial charge is 0.300 e. The molecule has 1 saturated carbocycles. The summed E-state index contributed by atoms with van der Waals surface area (Å²) in [5.41, 5.74) is 0. The van der Waals surface area contributed by atoms with Crippen LogP contribution in [0.15, 0.2) is 0 Å². The first-order valence-corrected chi connectivity index (χ1v) is 2.49. The van der Waals surface area contributed by atoms with Crippen molar-refractivity contribution in [1.82, 2.24) is 0 Å². The van der Waals surface area contributed by atoms with Gasteiger partial charge in [0.25, 0.3) is 0 Å². The Hall–Kier alpha value is -0.660. The predicted octanol–water partition coefficient (Wildman–Crippen LogP) is 0.945. The van der Waals surface area contributed by atoms with Crippen LogP contribution in [-0.4, -0.2) is 11.6 Å². The summed E-state index contributed by atoms with van der Waals surface area (Å²) in [6, 6.07) is 0. The van der Waals surface area contributed by atoms with E-state index < -0.39 is 36.6 Å². The second kappa shape index (κ2) is 2.29. The molecule has 0 aromatic rings. The lowest BCUT2D eigenvalue weighted by atomic mass is 9.89. The molecule has 2 nitrogen and oxygen atoms in total. The SMILES string of the molecule is [2H]C1C(=O)C([2H])(C)C([2H])([2H])C(=O)C1([2H])[2H]. The fraction of sp³-hybridized carbons (Fsp3) is 0.714. The summed E-state index contributed by atoms with van der Waals surface area (Å²) < 4.78 is 43.6. The zero-order valence-electron chi connectivity index (χ0n) is 10.9. The summed E-state index contributed by atoms with van der Waals surface area (Å²) in [4.78, 5) is 22.8. The Labute approximate surface area is 62.7 Å². The summed E-state index contributed by atoms with van der Waals surface area (Å²) >= 11 is 0. The molecule has 1 aliphatic carbocycles. The highest BCUT2D eigenvalue weighted by molar-refractivity contribution is 5.94. The maximum Gasteiger partial charge on any atom is 0.136 e. The highest BCUT2D eigenvalue weighted by atomic mass is 16.1. The van der Waals surface area contributed by atoms with E-state index >= 15 is 0 Å². The van der Waals surface area contributed by atoms with Crippen LogP contribution < -0.4 is 0 Å². The highest BCUT2D eigenvalue weighted by Crippen LogP contribution is 2.16. The van der Waals surface area contributed by atoms with Crippen molar-refractivity contribution in [3.05, 3.63) is 0 Å². The zero-order chi connectivity index (χ0) is 12.2. The van der Waals surface area contributed by atoms with Crippen molar-refractivity contribution in [2.75, 3.05) is 0 Å². The van der Waals surface area contributed by atoms with E-state index in [-0.39, 0.29) is 0 Å². The van der Waals surface area contributed by atoms with Crippen LogP contribution in [0, 0.1) is 5.89 Å². The van der Waals surface area contributed by atoms with Gasteiger partial charge in [-0.3, -0.25) is 9.59 Å². The second-order valence-electron chi connectivity index (χ2n) is 1.73. The Kier molecular flexibility index (Phi) is 0.557. The fourth-order valence-electron chi connectivity index (χ4n) is 0.507. The fourth-order valence-corrected chi connectivity index (χ4v) is 0.507. The summed E-state index contributed by atoms with van der Waals surface area (Å²) in [6.07, 6.45) is -7.79. The Morgan fingerprint density at radius 1 is 1.78 bits per heavy atom. The molecular weight excluding hydrogens is 116 g/mol. The Balaban J connectivity index is 3.37. The van der Waals surface area contributed by atoms with Crippen molar-refractivity contribution in [1.29, 1.82) is 0 Å². The van der Waals surface area contributed by atoms with Gasteiger partial charge in [0.05, 0.1) is 0 Å². The first-order valence-electron chi connectivity index (χ1n) is 5.56. The molecule has 0 aliphatic heterocycles. The Bertz CT molecular complexity index is 334. The van der Waals surface area contributed by atoms with Gasteiger partial charge in [-0.05, 0) is 0 Å². The van der Waals surface area contributed by atoms with Crippen LogP contribution in [0.25, 0.3) is 0 Å². The van der Waals surface area contributed by atoms with Crippen LogP contribution in [0.3, 0.4) is 0 Å². The molecular formula is C7H10O2. The monoisotopic (exact) mass is 132 g/mol. The maximum absolute atomic E-state index is 11.4. The molecule has 0 heterocycles. The summed E-state index contributed by atoms with van der Waals surface area (Å²) in [6.45, 7) is 0.893. The van der Waals surface area contributed by atoms with Gasteiger partial charge in [0.15, 0.2) is 0 Å². The quantitative estimate of drug-likeness (QED) is 0.491. The average Bonchev–Trinajstić information content (AvgIpc) is 2.12. The van der Waals surface area contributed by atoms with Gasteiger partial charge in [-0.25, -0.2) is 0 Å². The topological polar surface area (TPSA) is 34.1 Å². The van der Waals surface area contributed by atoms with Gasteiger partial charge in [-0.2, -0.15) is 0 Å². The van der Waals surface area contributed by atoms with Gasteiger partial charge in [-0.1, -0.05) is 6.92 Å². The van der Waals surface area contributed by atoms with Crippen LogP contribution in [-0.2, 0) is 9.59 Å². The van der Waals surface area contributed by atoms with Crippen LogP contribution >= 0.6 is 0 Å². The van der Waals surface area contributed by atoms with Crippen molar-refractivity contribution in [2.45, 2.75) is 26.1 Å². The number of rotatable bonds is 0. The number of Topliss-reactive ketones (excluding diaryl/α,β-unsaturated/α-hetero) is 2. The third-order valence-corrected chi connectivity index (χ3v) is 1.00. The van der Waals surface area contributed by atoms with Crippen LogP contribution in [0.4, 0.5) is 0 Å². The molecule has 1 aliphatic rings. The van der Waals surface area contributed by atoms with Gasteiger partial charge < -0.3 is 0 Å². The summed E-state index contributed by atoms with van der Waals surface area (Å²) in [7, 11) is 0. The zero-order valence-corrected chi connectivity index (χ0v) is 4.89. The summed E-state index contributed by atoms with van der Waals surface area (Å²) in [5.74, 6) is -5.12. The molecule has 0 saturated heterocycles. The lowest BCUT2D eigenvalue weighted by Gasteiger charge is -2.13. The minimum atomic E-state index is -2.90. The van der Waals surface area contributed by atoms with E-state index in [9.17, 15) is 9.59 Å². The summed E-state index contributed by atoms with van der Waals surface area (Å²) in [5, 5.41) is 0. The van der Waals surface area contributed by atoms with E-state index in [2.05, 4.69) is 0 Å². The third kappa shape index (κ3) is 1.37. The molecule has 2 heteroatoms. The molecule has 9 heavy (non-hydrogen) atoms. The molecule has 0 aromatic carbocycles. The highest BCUT2D eigenvalue weighted by Gasteiger charge is 2.22.